The molecule has 0 saturated heterocycles. The number of amides is 1. The minimum absolute atomic E-state index is 0.0427. The minimum atomic E-state index is -0.122. The smallest absolute Gasteiger partial charge is 0.246 e. The fourth-order valence-corrected chi connectivity index (χ4v) is 4.49. The summed E-state index contributed by atoms with van der Waals surface area (Å²) in [4.78, 5) is 13.6. The highest BCUT2D eigenvalue weighted by molar-refractivity contribution is 5.77. The molecule has 0 aliphatic carbocycles. The Labute approximate surface area is 184 Å². The number of rotatable bonds is 9. The number of quaternary nitrogens is 1. The molecule has 0 aromatic heterocycles. The number of fused-ring (bicyclic) bond motifs is 1. The van der Waals surface area contributed by atoms with Crippen LogP contribution in [0.4, 0.5) is 0 Å². The Morgan fingerprint density at radius 1 is 1.10 bits per heavy atom. The molecule has 1 aliphatic heterocycles. The summed E-state index contributed by atoms with van der Waals surface area (Å²) in [5, 5.41) is 3.11. The number of hydrogen-bond donors (Lipinski definition) is 2. The van der Waals surface area contributed by atoms with Gasteiger partial charge in [0.1, 0.15) is 24.9 Å². The molecule has 1 aliphatic rings. The van der Waals surface area contributed by atoms with Gasteiger partial charge in [0, 0.05) is 24.7 Å². The van der Waals surface area contributed by atoms with Crippen molar-refractivity contribution in [1.29, 1.82) is 0 Å². The van der Waals surface area contributed by atoms with Crippen LogP contribution in [-0.2, 0) is 22.5 Å². The van der Waals surface area contributed by atoms with E-state index in [1.807, 2.05) is 12.1 Å². The van der Waals surface area contributed by atoms with Gasteiger partial charge < -0.3 is 29.2 Å². The third kappa shape index (κ3) is 5.29. The van der Waals surface area contributed by atoms with E-state index in [-0.39, 0.29) is 24.6 Å². The molecule has 0 fully saturated rings. The van der Waals surface area contributed by atoms with Gasteiger partial charge in [0.15, 0.2) is 11.5 Å². The monoisotopic (exact) mass is 429 g/mol. The van der Waals surface area contributed by atoms with Gasteiger partial charge in [0.25, 0.3) is 0 Å². The van der Waals surface area contributed by atoms with Gasteiger partial charge >= 0.3 is 0 Å². The van der Waals surface area contributed by atoms with Crippen molar-refractivity contribution in [3.8, 4) is 17.2 Å². The van der Waals surface area contributed by atoms with Crippen molar-refractivity contribution in [2.45, 2.75) is 32.0 Å². The van der Waals surface area contributed by atoms with E-state index in [0.29, 0.717) is 5.75 Å². The lowest BCUT2D eigenvalue weighted by Gasteiger charge is -2.38. The summed E-state index contributed by atoms with van der Waals surface area (Å²) in [7, 11) is 6.50. The predicted molar refractivity (Wildman–Crippen MR) is 118 cm³/mol. The number of ether oxygens (including phenoxy) is 4. The Kier molecular flexibility index (Phi) is 7.76. The highest BCUT2D eigenvalue weighted by Crippen LogP contribution is 2.35. The number of carbonyl (C=O) groups is 1. The maximum atomic E-state index is 12.3. The summed E-state index contributed by atoms with van der Waals surface area (Å²) in [6, 6.07) is 12.2. The van der Waals surface area contributed by atoms with Crippen molar-refractivity contribution in [1.82, 2.24) is 5.32 Å². The van der Waals surface area contributed by atoms with Crippen LogP contribution >= 0.6 is 0 Å². The lowest BCUT2D eigenvalue weighted by atomic mass is 9.87. The van der Waals surface area contributed by atoms with Gasteiger partial charge in [0.05, 0.1) is 33.9 Å². The SMILES string of the molecule is COCC(=O)N[C@@H](C)[C@@H]1c2cc(OC)c(OC)cc2CC[NH+]1Cc1cccc(OC)c1. The van der Waals surface area contributed by atoms with E-state index in [2.05, 4.69) is 36.5 Å². The van der Waals surface area contributed by atoms with Crippen molar-refractivity contribution >= 4 is 5.91 Å². The minimum Gasteiger partial charge on any atom is -0.497 e. The topological polar surface area (TPSA) is 70.5 Å². The van der Waals surface area contributed by atoms with E-state index in [9.17, 15) is 4.79 Å². The van der Waals surface area contributed by atoms with Gasteiger partial charge in [-0.2, -0.15) is 0 Å². The van der Waals surface area contributed by atoms with Crippen molar-refractivity contribution in [3.63, 3.8) is 0 Å². The van der Waals surface area contributed by atoms with E-state index >= 15 is 0 Å². The van der Waals surface area contributed by atoms with E-state index in [1.165, 1.54) is 28.7 Å². The van der Waals surface area contributed by atoms with Crippen LogP contribution in [0.2, 0.25) is 0 Å². The molecule has 7 nitrogen and oxygen atoms in total. The second-order valence-corrected chi connectivity index (χ2v) is 7.86. The second kappa shape index (κ2) is 10.5. The zero-order chi connectivity index (χ0) is 22.4. The third-order valence-corrected chi connectivity index (χ3v) is 5.87. The van der Waals surface area contributed by atoms with Crippen molar-refractivity contribution < 1.29 is 28.6 Å². The first kappa shape index (κ1) is 22.9. The standard InChI is InChI=1S/C24H32N2O5/c1-16(25-23(27)15-28-2)24-20-13-22(31-5)21(30-4)12-18(20)9-10-26(24)14-17-7-6-8-19(11-17)29-3/h6-8,11-13,16,24H,9-10,14-15H2,1-5H3,(H,25,27)/p+1/t16-,24+/m0/s1. The zero-order valence-electron chi connectivity index (χ0n) is 19.0. The van der Waals surface area contributed by atoms with Gasteiger partial charge in [-0.05, 0) is 36.8 Å². The van der Waals surface area contributed by atoms with Crippen LogP contribution in [0.1, 0.15) is 29.7 Å². The molecule has 0 radical (unpaired) electrons. The summed E-state index contributed by atoms with van der Waals surface area (Å²) >= 11 is 0. The number of benzene rings is 2. The number of nitrogens with one attached hydrogen (secondary N) is 2. The molecule has 0 bridgehead atoms. The van der Waals surface area contributed by atoms with Crippen LogP contribution in [0.25, 0.3) is 0 Å². The van der Waals surface area contributed by atoms with Gasteiger partial charge in [-0.25, -0.2) is 0 Å². The predicted octanol–water partition coefficient (Wildman–Crippen LogP) is 1.55. The molecule has 1 amide bonds. The van der Waals surface area contributed by atoms with Crippen LogP contribution in [0.15, 0.2) is 36.4 Å². The quantitative estimate of drug-likeness (QED) is 0.633. The van der Waals surface area contributed by atoms with Crippen LogP contribution in [0, 0.1) is 0 Å². The summed E-state index contributed by atoms with van der Waals surface area (Å²) in [5.74, 6) is 2.15. The molecule has 3 atom stereocenters. The molecule has 0 spiro atoms. The molecule has 7 heteroatoms. The first-order valence-corrected chi connectivity index (χ1v) is 10.5. The first-order chi connectivity index (χ1) is 15.0. The molecule has 2 N–H and O–H groups in total. The summed E-state index contributed by atoms with van der Waals surface area (Å²) in [5.41, 5.74) is 3.59. The molecule has 3 rings (SSSR count). The Hall–Kier alpha value is -2.77. The van der Waals surface area contributed by atoms with Gasteiger partial charge in [-0.1, -0.05) is 12.1 Å². The highest BCUT2D eigenvalue weighted by Gasteiger charge is 2.37. The number of methoxy groups -OCH3 is 4. The van der Waals surface area contributed by atoms with Gasteiger partial charge in [-0.15, -0.1) is 0 Å². The molecule has 2 aromatic carbocycles. The average Bonchev–Trinajstić information content (AvgIpc) is 2.78. The van der Waals surface area contributed by atoms with Crippen molar-refractivity contribution in [2.24, 2.45) is 0 Å². The molecule has 1 heterocycles. The van der Waals surface area contributed by atoms with Crippen LogP contribution < -0.4 is 24.4 Å². The molecule has 168 valence electrons. The molecular formula is C24H33N2O5+. The van der Waals surface area contributed by atoms with Gasteiger partial charge in [-0.3, -0.25) is 4.79 Å². The Morgan fingerprint density at radius 2 is 1.84 bits per heavy atom. The Balaban J connectivity index is 1.97. The van der Waals surface area contributed by atoms with Crippen LogP contribution in [0.5, 0.6) is 17.2 Å². The molecular weight excluding hydrogens is 396 g/mol. The van der Waals surface area contributed by atoms with E-state index in [4.69, 9.17) is 18.9 Å². The second-order valence-electron chi connectivity index (χ2n) is 7.86. The lowest BCUT2D eigenvalue weighted by Crippen LogP contribution is -3.13. The highest BCUT2D eigenvalue weighted by atomic mass is 16.5. The van der Waals surface area contributed by atoms with E-state index < -0.39 is 0 Å². The molecule has 1 unspecified atom stereocenters. The van der Waals surface area contributed by atoms with Crippen LogP contribution in [-0.4, -0.2) is 53.5 Å². The first-order valence-electron chi connectivity index (χ1n) is 10.5. The Morgan fingerprint density at radius 3 is 2.52 bits per heavy atom. The van der Waals surface area contributed by atoms with E-state index in [1.54, 1.807) is 21.3 Å². The third-order valence-electron chi connectivity index (χ3n) is 5.87. The lowest BCUT2D eigenvalue weighted by molar-refractivity contribution is -0.948. The largest absolute Gasteiger partial charge is 0.497 e. The molecule has 2 aromatic rings. The van der Waals surface area contributed by atoms with Crippen molar-refractivity contribution in [3.05, 3.63) is 53.1 Å². The maximum Gasteiger partial charge on any atom is 0.246 e. The number of carbonyl (C=O) groups excluding carboxylic acids is 1. The van der Waals surface area contributed by atoms with Crippen LogP contribution in [0.3, 0.4) is 0 Å². The zero-order valence-corrected chi connectivity index (χ0v) is 19.0. The van der Waals surface area contributed by atoms with Gasteiger partial charge in [0.2, 0.25) is 5.91 Å². The molecule has 31 heavy (non-hydrogen) atoms. The Bertz CT molecular complexity index is 902. The van der Waals surface area contributed by atoms with E-state index in [0.717, 1.165) is 31.0 Å². The number of hydrogen-bond acceptors (Lipinski definition) is 5. The summed E-state index contributed by atoms with van der Waals surface area (Å²) < 4.78 is 21.5. The van der Waals surface area contributed by atoms with Crippen molar-refractivity contribution in [2.75, 3.05) is 41.6 Å². The average molecular weight is 430 g/mol. The normalized spacial score (nSPS) is 18.6. The molecule has 0 saturated carbocycles. The maximum absolute atomic E-state index is 12.3. The fourth-order valence-electron chi connectivity index (χ4n) is 4.49. The summed E-state index contributed by atoms with van der Waals surface area (Å²) in [6.07, 6.45) is 0.921. The fraction of sp³-hybridized carbons (Fsp3) is 0.458. The summed E-state index contributed by atoms with van der Waals surface area (Å²) in [6.45, 7) is 3.85.